The molecule has 116 valence electrons. The summed E-state index contributed by atoms with van der Waals surface area (Å²) in [4.78, 5) is 28.7. The molecule has 0 spiro atoms. The lowest BCUT2D eigenvalue weighted by atomic mass is 9.99. The Labute approximate surface area is 121 Å². The Hall–Kier alpha value is -1.14. The van der Waals surface area contributed by atoms with Gasteiger partial charge in [0.25, 0.3) is 0 Å². The van der Waals surface area contributed by atoms with Crippen molar-refractivity contribution in [3.8, 4) is 0 Å². The first-order valence-corrected chi connectivity index (χ1v) is 7.25. The smallest absolute Gasteiger partial charge is 0.317 e. The lowest BCUT2D eigenvalue weighted by molar-refractivity contribution is -0.140. The minimum absolute atomic E-state index is 0.0527. The molecule has 1 rings (SSSR count). The number of likely N-dealkylation sites (N-methyl/N-ethyl adjacent to an activating group) is 1. The van der Waals surface area contributed by atoms with Crippen LogP contribution < -0.4 is 0 Å². The molecule has 0 aliphatic carbocycles. The Morgan fingerprint density at radius 1 is 1.15 bits per heavy atom. The highest BCUT2D eigenvalue weighted by atomic mass is 16.4. The average Bonchev–Trinajstić information content (AvgIpc) is 2.36. The first kappa shape index (κ1) is 16.9. The normalized spacial score (nSPS) is 16.9. The SMILES string of the molecule is CC1CCN(C(=O)CN(CCN(C)C)CC(=O)O)CC1. The van der Waals surface area contributed by atoms with Gasteiger partial charge >= 0.3 is 5.97 Å². The fourth-order valence-electron chi connectivity index (χ4n) is 2.30. The second kappa shape index (κ2) is 8.21. The van der Waals surface area contributed by atoms with Crippen molar-refractivity contribution >= 4 is 11.9 Å². The first-order valence-electron chi connectivity index (χ1n) is 7.25. The van der Waals surface area contributed by atoms with Crippen LogP contribution in [0.25, 0.3) is 0 Å². The van der Waals surface area contributed by atoms with Crippen molar-refractivity contribution in [1.29, 1.82) is 0 Å². The summed E-state index contributed by atoms with van der Waals surface area (Å²) in [6.45, 7) is 5.27. The minimum atomic E-state index is -0.885. The Morgan fingerprint density at radius 2 is 1.75 bits per heavy atom. The van der Waals surface area contributed by atoms with E-state index >= 15 is 0 Å². The first-order chi connectivity index (χ1) is 9.38. The summed E-state index contributed by atoms with van der Waals surface area (Å²) in [5.41, 5.74) is 0. The highest BCUT2D eigenvalue weighted by Gasteiger charge is 2.22. The van der Waals surface area contributed by atoms with Crippen molar-refractivity contribution in [2.24, 2.45) is 5.92 Å². The van der Waals surface area contributed by atoms with Gasteiger partial charge in [-0.2, -0.15) is 0 Å². The van der Waals surface area contributed by atoms with Crippen LogP contribution in [0.5, 0.6) is 0 Å². The molecule has 0 aromatic heterocycles. The van der Waals surface area contributed by atoms with E-state index in [1.807, 2.05) is 23.9 Å². The number of hydrogen-bond acceptors (Lipinski definition) is 4. The van der Waals surface area contributed by atoms with E-state index in [0.29, 0.717) is 12.5 Å². The van der Waals surface area contributed by atoms with E-state index in [0.717, 1.165) is 32.5 Å². The highest BCUT2D eigenvalue weighted by molar-refractivity contribution is 5.79. The molecule has 1 fully saturated rings. The van der Waals surface area contributed by atoms with Crippen molar-refractivity contribution in [3.63, 3.8) is 0 Å². The predicted molar refractivity (Wildman–Crippen MR) is 77.6 cm³/mol. The van der Waals surface area contributed by atoms with Crippen LogP contribution in [0.3, 0.4) is 0 Å². The number of piperidine rings is 1. The molecule has 0 saturated carbocycles. The van der Waals surface area contributed by atoms with Gasteiger partial charge in [0.1, 0.15) is 0 Å². The molecule has 20 heavy (non-hydrogen) atoms. The van der Waals surface area contributed by atoms with Gasteiger partial charge in [-0.1, -0.05) is 6.92 Å². The second-order valence-corrected chi connectivity index (χ2v) is 5.97. The van der Waals surface area contributed by atoms with Crippen molar-refractivity contribution in [1.82, 2.24) is 14.7 Å². The van der Waals surface area contributed by atoms with Crippen LogP contribution in [0.1, 0.15) is 19.8 Å². The Kier molecular flexibility index (Phi) is 6.95. The molecule has 6 nitrogen and oxygen atoms in total. The fraction of sp³-hybridized carbons (Fsp3) is 0.857. The van der Waals surface area contributed by atoms with Crippen molar-refractivity contribution in [2.75, 3.05) is 53.4 Å². The summed E-state index contributed by atoms with van der Waals surface area (Å²) in [6, 6.07) is 0. The molecular formula is C14H27N3O3. The highest BCUT2D eigenvalue weighted by Crippen LogP contribution is 2.16. The zero-order chi connectivity index (χ0) is 15.1. The summed E-state index contributed by atoms with van der Waals surface area (Å²) >= 11 is 0. The molecule has 0 aromatic carbocycles. The molecular weight excluding hydrogens is 258 g/mol. The molecule has 1 heterocycles. The molecule has 0 bridgehead atoms. The number of carboxylic acids is 1. The number of likely N-dealkylation sites (tertiary alicyclic amines) is 1. The van der Waals surface area contributed by atoms with E-state index in [9.17, 15) is 9.59 Å². The molecule has 0 unspecified atom stereocenters. The summed E-state index contributed by atoms with van der Waals surface area (Å²) in [6.07, 6.45) is 2.09. The van der Waals surface area contributed by atoms with Gasteiger partial charge in [-0.05, 0) is 32.9 Å². The van der Waals surface area contributed by atoms with Crippen LogP contribution in [0.15, 0.2) is 0 Å². The lowest BCUT2D eigenvalue weighted by Gasteiger charge is -2.32. The molecule has 0 aromatic rings. The van der Waals surface area contributed by atoms with Crippen molar-refractivity contribution in [2.45, 2.75) is 19.8 Å². The molecule has 0 atom stereocenters. The summed E-state index contributed by atoms with van der Waals surface area (Å²) in [5, 5.41) is 8.93. The number of aliphatic carboxylic acids is 1. The van der Waals surface area contributed by atoms with Crippen LogP contribution in [-0.2, 0) is 9.59 Å². The molecule has 1 aliphatic heterocycles. The van der Waals surface area contributed by atoms with E-state index < -0.39 is 5.97 Å². The number of hydrogen-bond donors (Lipinski definition) is 1. The Morgan fingerprint density at radius 3 is 2.25 bits per heavy atom. The van der Waals surface area contributed by atoms with Crippen LogP contribution in [0.4, 0.5) is 0 Å². The van der Waals surface area contributed by atoms with Gasteiger partial charge in [-0.3, -0.25) is 14.5 Å². The number of rotatable bonds is 7. The van der Waals surface area contributed by atoms with Gasteiger partial charge in [0.15, 0.2) is 0 Å². The summed E-state index contributed by atoms with van der Waals surface area (Å²) in [5.74, 6) is -0.149. The topological polar surface area (TPSA) is 64.1 Å². The van der Waals surface area contributed by atoms with Gasteiger partial charge in [-0.15, -0.1) is 0 Å². The monoisotopic (exact) mass is 285 g/mol. The maximum absolute atomic E-state index is 12.2. The van der Waals surface area contributed by atoms with Crippen molar-refractivity contribution < 1.29 is 14.7 Å². The van der Waals surface area contributed by atoms with Crippen LogP contribution >= 0.6 is 0 Å². The summed E-state index contributed by atoms with van der Waals surface area (Å²) < 4.78 is 0. The lowest BCUT2D eigenvalue weighted by Crippen LogP contribution is -2.46. The summed E-state index contributed by atoms with van der Waals surface area (Å²) in [7, 11) is 3.87. The number of carboxylic acid groups (broad SMARTS) is 1. The molecule has 1 N–H and O–H groups in total. The van der Waals surface area contributed by atoms with E-state index in [1.165, 1.54) is 0 Å². The zero-order valence-corrected chi connectivity index (χ0v) is 12.8. The molecule has 1 amide bonds. The molecule has 1 saturated heterocycles. The van der Waals surface area contributed by atoms with E-state index in [4.69, 9.17) is 5.11 Å². The standard InChI is InChI=1S/C14H27N3O3/c1-12-4-6-17(7-5-12)13(18)10-16(11-14(19)20)9-8-15(2)3/h12H,4-11H2,1-3H3,(H,19,20). The molecule has 6 heteroatoms. The van der Waals surface area contributed by atoms with Gasteiger partial charge in [0.2, 0.25) is 5.91 Å². The quantitative estimate of drug-likeness (QED) is 0.723. The number of carbonyl (C=O) groups is 2. The van der Waals surface area contributed by atoms with Gasteiger partial charge < -0.3 is 14.9 Å². The zero-order valence-electron chi connectivity index (χ0n) is 12.8. The third-order valence-electron chi connectivity index (χ3n) is 3.72. The van der Waals surface area contributed by atoms with Crippen LogP contribution in [-0.4, -0.2) is 85.0 Å². The van der Waals surface area contributed by atoms with Gasteiger partial charge in [-0.25, -0.2) is 0 Å². The van der Waals surface area contributed by atoms with Gasteiger partial charge in [0.05, 0.1) is 13.1 Å². The minimum Gasteiger partial charge on any atom is -0.480 e. The average molecular weight is 285 g/mol. The number of amides is 1. The Bertz CT molecular complexity index is 326. The maximum Gasteiger partial charge on any atom is 0.317 e. The van der Waals surface area contributed by atoms with Crippen LogP contribution in [0, 0.1) is 5.92 Å². The van der Waals surface area contributed by atoms with E-state index in [1.54, 1.807) is 4.90 Å². The third kappa shape index (κ3) is 6.34. The predicted octanol–water partition coefficient (Wildman–Crippen LogP) is 0.193. The van der Waals surface area contributed by atoms with E-state index in [2.05, 4.69) is 6.92 Å². The van der Waals surface area contributed by atoms with Crippen LogP contribution in [0.2, 0.25) is 0 Å². The Balaban J connectivity index is 2.45. The van der Waals surface area contributed by atoms with Crippen molar-refractivity contribution in [3.05, 3.63) is 0 Å². The number of carbonyl (C=O) groups excluding carboxylic acids is 1. The second-order valence-electron chi connectivity index (χ2n) is 5.97. The fourth-order valence-corrected chi connectivity index (χ4v) is 2.30. The van der Waals surface area contributed by atoms with Gasteiger partial charge in [0, 0.05) is 26.2 Å². The maximum atomic E-state index is 12.2. The van der Waals surface area contributed by atoms with E-state index in [-0.39, 0.29) is 19.0 Å². The largest absolute Gasteiger partial charge is 0.480 e. The molecule has 0 radical (unpaired) electrons. The third-order valence-corrected chi connectivity index (χ3v) is 3.72. The number of nitrogens with zero attached hydrogens (tertiary/aromatic N) is 3. The molecule has 1 aliphatic rings.